The lowest BCUT2D eigenvalue weighted by Gasteiger charge is -2.28. The van der Waals surface area contributed by atoms with E-state index in [1.54, 1.807) is 12.1 Å². The predicted octanol–water partition coefficient (Wildman–Crippen LogP) is 5.05. The summed E-state index contributed by atoms with van der Waals surface area (Å²) < 4.78 is 47.6. The molecule has 0 unspecified atom stereocenters. The molecule has 6 nitrogen and oxygen atoms in total. The lowest BCUT2D eigenvalue weighted by atomic mass is 9.77. The third-order valence-corrected chi connectivity index (χ3v) is 7.53. The van der Waals surface area contributed by atoms with Gasteiger partial charge in [0, 0.05) is 21.7 Å². The minimum Gasteiger partial charge on any atom is -0.349 e. The van der Waals surface area contributed by atoms with E-state index in [1.165, 1.54) is 42.5 Å². The number of para-hydroxylation sites is 1. The zero-order chi connectivity index (χ0) is 26.3. The molecule has 0 radical (unpaired) electrons. The monoisotopic (exact) mass is 525 g/mol. The number of amides is 2. The van der Waals surface area contributed by atoms with Crippen LogP contribution in [0.3, 0.4) is 0 Å². The van der Waals surface area contributed by atoms with Gasteiger partial charge in [-0.05, 0) is 18.2 Å². The maximum Gasteiger partial charge on any atom is 0.418 e. The first-order chi connectivity index (χ1) is 17.6. The number of carbonyl (C=O) groups is 4. The molecule has 10 heteroatoms. The highest BCUT2D eigenvalue weighted by molar-refractivity contribution is 6.37. The number of alkyl halides is 3. The van der Waals surface area contributed by atoms with Crippen molar-refractivity contribution in [2.75, 3.05) is 4.90 Å². The topological polar surface area (TPSA) is 80.8 Å². The van der Waals surface area contributed by atoms with Gasteiger partial charge in [0.2, 0.25) is 29.0 Å². The van der Waals surface area contributed by atoms with E-state index in [0.29, 0.717) is 4.90 Å². The minimum absolute atomic E-state index is 0.0143. The fraction of sp³-hybridized carbons (Fsp3) is 0.185. The van der Waals surface area contributed by atoms with Gasteiger partial charge in [-0.15, -0.1) is 0 Å². The van der Waals surface area contributed by atoms with Crippen molar-refractivity contribution in [3.8, 4) is 0 Å². The first-order valence-corrected chi connectivity index (χ1v) is 11.6. The van der Waals surface area contributed by atoms with Crippen molar-refractivity contribution in [2.24, 2.45) is 11.8 Å². The first kappa shape index (κ1) is 23.6. The molecule has 186 valence electrons. The number of ketones is 2. The van der Waals surface area contributed by atoms with Gasteiger partial charge in [-0.25, -0.2) is 4.90 Å². The summed E-state index contributed by atoms with van der Waals surface area (Å²) in [6.45, 7) is 0. The summed E-state index contributed by atoms with van der Waals surface area (Å²) >= 11 is 6.37. The van der Waals surface area contributed by atoms with E-state index in [4.69, 9.17) is 16.3 Å². The third-order valence-electron chi connectivity index (χ3n) is 7.18. The molecule has 3 atom stereocenters. The van der Waals surface area contributed by atoms with Gasteiger partial charge in [-0.3, -0.25) is 19.2 Å². The first-order valence-electron chi connectivity index (χ1n) is 11.2. The standard InChI is InChI=1S/C27H15ClF3NO5/c28-17-11-5-3-9-15(17)21-19-20(26(37-21)22(33)13-7-1-2-8-14(13)23(26)34)25(36)32(24(19)35)18-12-6-4-10-16(18)27(29,30)31/h1-12,19-21H/t19-,20-,21+/m1/s1. The fourth-order valence-electron chi connectivity index (χ4n) is 5.65. The smallest absolute Gasteiger partial charge is 0.349 e. The van der Waals surface area contributed by atoms with Crippen molar-refractivity contribution in [1.29, 1.82) is 0 Å². The van der Waals surface area contributed by atoms with Crippen LogP contribution in [-0.4, -0.2) is 29.0 Å². The molecular weight excluding hydrogens is 511 g/mol. The summed E-state index contributed by atoms with van der Waals surface area (Å²) in [5, 5.41) is 0.146. The molecule has 1 aliphatic carbocycles. The number of anilines is 1. The van der Waals surface area contributed by atoms with E-state index in [0.717, 1.165) is 18.2 Å². The van der Waals surface area contributed by atoms with E-state index in [2.05, 4.69) is 0 Å². The van der Waals surface area contributed by atoms with Gasteiger partial charge in [-0.1, -0.05) is 66.2 Å². The number of halogens is 4. The molecule has 37 heavy (non-hydrogen) atoms. The Kier molecular flexibility index (Phi) is 4.99. The molecule has 3 aromatic rings. The molecule has 0 aromatic heterocycles. The number of ether oxygens (including phenoxy) is 1. The Morgan fingerprint density at radius 1 is 0.784 bits per heavy atom. The SMILES string of the molecule is O=C1[C@H]2[C@H](c3ccccc3Cl)OC3(C(=O)c4ccccc4C3=O)[C@H]2C(=O)N1c1ccccc1C(F)(F)F. The number of rotatable bonds is 2. The molecule has 2 heterocycles. The molecule has 0 bridgehead atoms. The number of nitrogens with zero attached hydrogens (tertiary/aromatic N) is 1. The van der Waals surface area contributed by atoms with Crippen molar-refractivity contribution in [1.82, 2.24) is 0 Å². The molecule has 2 amide bonds. The van der Waals surface area contributed by atoms with Crippen molar-refractivity contribution in [3.05, 3.63) is 100 Å². The van der Waals surface area contributed by atoms with Gasteiger partial charge < -0.3 is 4.74 Å². The van der Waals surface area contributed by atoms with Crippen molar-refractivity contribution >= 4 is 40.7 Å². The minimum atomic E-state index is -4.87. The van der Waals surface area contributed by atoms with Gasteiger partial charge in [0.1, 0.15) is 0 Å². The second kappa shape index (κ2) is 7.84. The average molecular weight is 526 g/mol. The number of hydrogen-bond donors (Lipinski definition) is 0. The van der Waals surface area contributed by atoms with Crippen LogP contribution < -0.4 is 4.90 Å². The summed E-state index contributed by atoms with van der Waals surface area (Å²) in [7, 11) is 0. The van der Waals surface area contributed by atoms with Gasteiger partial charge in [0.15, 0.2) is 0 Å². The Hall–Kier alpha value is -3.82. The Morgan fingerprint density at radius 2 is 1.35 bits per heavy atom. The molecule has 0 N–H and O–H groups in total. The molecule has 2 fully saturated rings. The molecule has 2 aliphatic heterocycles. The number of imide groups is 1. The normalized spacial score (nSPS) is 24.2. The van der Waals surface area contributed by atoms with Crippen LogP contribution in [0.2, 0.25) is 5.02 Å². The number of hydrogen-bond acceptors (Lipinski definition) is 5. The Balaban J connectivity index is 1.58. The van der Waals surface area contributed by atoms with Crippen LogP contribution in [0.1, 0.15) is 37.9 Å². The van der Waals surface area contributed by atoms with E-state index in [-0.39, 0.29) is 21.7 Å². The molecule has 2 saturated heterocycles. The van der Waals surface area contributed by atoms with Crippen LogP contribution in [0.25, 0.3) is 0 Å². The Morgan fingerprint density at radius 3 is 1.97 bits per heavy atom. The second-order valence-electron chi connectivity index (χ2n) is 9.03. The van der Waals surface area contributed by atoms with Crippen molar-refractivity contribution in [2.45, 2.75) is 17.9 Å². The van der Waals surface area contributed by atoms with Crippen LogP contribution in [-0.2, 0) is 20.5 Å². The maximum atomic E-state index is 13.9. The summed E-state index contributed by atoms with van der Waals surface area (Å²) in [6.07, 6.45) is -6.21. The quantitative estimate of drug-likeness (QED) is 0.345. The molecule has 1 spiro atoms. The zero-order valence-electron chi connectivity index (χ0n) is 18.7. The largest absolute Gasteiger partial charge is 0.418 e. The maximum absolute atomic E-state index is 13.9. The van der Waals surface area contributed by atoms with E-state index < -0.39 is 64.3 Å². The van der Waals surface area contributed by atoms with E-state index in [1.807, 2.05) is 0 Å². The van der Waals surface area contributed by atoms with Crippen LogP contribution >= 0.6 is 11.6 Å². The Labute approximate surface area is 212 Å². The molecular formula is C27H15ClF3NO5. The number of carbonyl (C=O) groups excluding carboxylic acids is 4. The van der Waals surface area contributed by atoms with Crippen LogP contribution in [0, 0.1) is 11.8 Å². The van der Waals surface area contributed by atoms with Crippen LogP contribution in [0.4, 0.5) is 18.9 Å². The Bertz CT molecular complexity index is 1500. The highest BCUT2D eigenvalue weighted by atomic mass is 35.5. The van der Waals surface area contributed by atoms with Crippen LogP contribution in [0.15, 0.2) is 72.8 Å². The predicted molar refractivity (Wildman–Crippen MR) is 124 cm³/mol. The highest BCUT2D eigenvalue weighted by Crippen LogP contribution is 2.58. The van der Waals surface area contributed by atoms with Gasteiger partial charge >= 0.3 is 6.18 Å². The summed E-state index contributed by atoms with van der Waals surface area (Å²) in [5.41, 5.74) is -4.02. The number of benzene rings is 3. The third kappa shape index (κ3) is 3.04. The number of fused-ring (bicyclic) bond motifs is 3. The summed E-state index contributed by atoms with van der Waals surface area (Å²) in [6, 6.07) is 16.3. The molecule has 6 rings (SSSR count). The fourth-order valence-corrected chi connectivity index (χ4v) is 5.89. The van der Waals surface area contributed by atoms with Crippen molar-refractivity contribution in [3.63, 3.8) is 0 Å². The van der Waals surface area contributed by atoms with Gasteiger partial charge in [-0.2, -0.15) is 13.2 Å². The zero-order valence-corrected chi connectivity index (χ0v) is 19.4. The van der Waals surface area contributed by atoms with Gasteiger partial charge in [0.05, 0.1) is 29.2 Å². The summed E-state index contributed by atoms with van der Waals surface area (Å²) in [5.74, 6) is -6.90. The highest BCUT2D eigenvalue weighted by Gasteiger charge is 2.75. The van der Waals surface area contributed by atoms with E-state index in [9.17, 15) is 32.3 Å². The summed E-state index contributed by atoms with van der Waals surface area (Å²) in [4.78, 5) is 55.5. The van der Waals surface area contributed by atoms with Crippen LogP contribution in [0.5, 0.6) is 0 Å². The lowest BCUT2D eigenvalue weighted by molar-refractivity contribution is -0.137. The van der Waals surface area contributed by atoms with E-state index >= 15 is 0 Å². The number of Topliss-reactive ketones (excluding diaryl/α,β-unsaturated/α-hetero) is 2. The van der Waals surface area contributed by atoms with Crippen molar-refractivity contribution < 1.29 is 37.1 Å². The second-order valence-corrected chi connectivity index (χ2v) is 9.44. The molecule has 3 aromatic carbocycles. The van der Waals surface area contributed by atoms with Gasteiger partial charge in [0.25, 0.3) is 0 Å². The molecule has 0 saturated carbocycles. The average Bonchev–Trinajstić information content (AvgIpc) is 3.44. The lowest BCUT2D eigenvalue weighted by Crippen LogP contribution is -2.51. The molecule has 3 aliphatic rings.